The van der Waals surface area contributed by atoms with Crippen molar-refractivity contribution in [1.29, 1.82) is 0 Å². The molecule has 2 aromatic carbocycles. The van der Waals surface area contributed by atoms with Crippen LogP contribution in [0, 0.1) is 0 Å². The number of aromatic nitrogens is 2. The highest BCUT2D eigenvalue weighted by atomic mass is 16.3. The first-order valence-electron chi connectivity index (χ1n) is 9.73. The van der Waals surface area contributed by atoms with Crippen LogP contribution in [0.3, 0.4) is 0 Å². The number of nitrogens with zero attached hydrogens (tertiary/aromatic N) is 2. The molecular formula is C22H24N4O2. The number of aliphatic hydroxyl groups is 1. The topological polar surface area (TPSA) is 87.1 Å². The lowest BCUT2D eigenvalue weighted by Gasteiger charge is -2.17. The Hall–Kier alpha value is -2.99. The standard InChI is InChI=1S/C22H24N4O2/c27-14-20(15-6-2-1-3-7-15)25-21(28)16-10-11-17-13-23-22(26-19(17)12-16)24-18-8-4-5-9-18/h1-3,6-7,10-13,18,20,27H,4-5,8-9,14H2,(H,25,28)(H,23,24,26)/t20-/m1/s1. The van der Waals surface area contributed by atoms with Gasteiger partial charge >= 0.3 is 0 Å². The molecule has 3 aromatic rings. The van der Waals surface area contributed by atoms with Gasteiger partial charge in [-0.25, -0.2) is 9.97 Å². The van der Waals surface area contributed by atoms with Crippen LogP contribution in [0.2, 0.25) is 0 Å². The van der Waals surface area contributed by atoms with Crippen molar-refractivity contribution in [2.24, 2.45) is 0 Å². The summed E-state index contributed by atoms with van der Waals surface area (Å²) < 4.78 is 0. The van der Waals surface area contributed by atoms with Crippen LogP contribution in [-0.2, 0) is 0 Å². The number of carbonyl (C=O) groups excluding carboxylic acids is 1. The summed E-state index contributed by atoms with van der Waals surface area (Å²) in [7, 11) is 0. The molecule has 0 saturated heterocycles. The van der Waals surface area contributed by atoms with Crippen LogP contribution in [0.15, 0.2) is 54.7 Å². The van der Waals surface area contributed by atoms with Gasteiger partial charge in [0.2, 0.25) is 5.95 Å². The van der Waals surface area contributed by atoms with Gasteiger partial charge in [0, 0.05) is 23.2 Å². The van der Waals surface area contributed by atoms with Crippen molar-refractivity contribution in [1.82, 2.24) is 15.3 Å². The first-order valence-corrected chi connectivity index (χ1v) is 9.73. The van der Waals surface area contributed by atoms with E-state index in [-0.39, 0.29) is 12.5 Å². The number of nitrogens with one attached hydrogen (secondary N) is 2. The van der Waals surface area contributed by atoms with E-state index >= 15 is 0 Å². The lowest BCUT2D eigenvalue weighted by molar-refractivity contribution is 0.0916. The summed E-state index contributed by atoms with van der Waals surface area (Å²) in [6, 6.07) is 14.8. The first-order chi connectivity index (χ1) is 13.7. The van der Waals surface area contributed by atoms with Crippen LogP contribution in [0.4, 0.5) is 5.95 Å². The highest BCUT2D eigenvalue weighted by molar-refractivity contribution is 5.98. The molecule has 144 valence electrons. The van der Waals surface area contributed by atoms with E-state index in [1.165, 1.54) is 12.8 Å². The van der Waals surface area contributed by atoms with Gasteiger partial charge in [0.15, 0.2) is 0 Å². The van der Waals surface area contributed by atoms with Crippen LogP contribution < -0.4 is 10.6 Å². The molecule has 0 radical (unpaired) electrons. The number of anilines is 1. The maximum Gasteiger partial charge on any atom is 0.251 e. The van der Waals surface area contributed by atoms with Crippen molar-refractivity contribution < 1.29 is 9.90 Å². The maximum absolute atomic E-state index is 12.7. The van der Waals surface area contributed by atoms with Crippen LogP contribution in [0.25, 0.3) is 10.9 Å². The van der Waals surface area contributed by atoms with E-state index in [1.807, 2.05) is 36.4 Å². The summed E-state index contributed by atoms with van der Waals surface area (Å²) in [5, 5.41) is 16.8. The minimum atomic E-state index is -0.450. The highest BCUT2D eigenvalue weighted by Crippen LogP contribution is 2.22. The normalized spacial score (nSPS) is 15.5. The molecule has 1 saturated carbocycles. The van der Waals surface area contributed by atoms with Crippen molar-refractivity contribution in [2.45, 2.75) is 37.8 Å². The molecule has 6 nitrogen and oxygen atoms in total. The molecule has 1 aliphatic carbocycles. The Balaban J connectivity index is 1.53. The third-order valence-electron chi connectivity index (χ3n) is 5.22. The number of aliphatic hydroxyl groups excluding tert-OH is 1. The lowest BCUT2D eigenvalue weighted by Crippen LogP contribution is -2.30. The van der Waals surface area contributed by atoms with E-state index in [0.717, 1.165) is 29.3 Å². The molecule has 28 heavy (non-hydrogen) atoms. The van der Waals surface area contributed by atoms with Gasteiger partial charge in [0.05, 0.1) is 18.2 Å². The average Bonchev–Trinajstić information content (AvgIpc) is 3.25. The van der Waals surface area contributed by atoms with E-state index in [9.17, 15) is 9.90 Å². The fourth-order valence-electron chi connectivity index (χ4n) is 3.65. The van der Waals surface area contributed by atoms with Crippen LogP contribution in [0.1, 0.15) is 47.6 Å². The van der Waals surface area contributed by atoms with Gasteiger partial charge in [-0.1, -0.05) is 49.2 Å². The maximum atomic E-state index is 12.7. The Labute approximate surface area is 164 Å². The molecule has 1 amide bonds. The smallest absolute Gasteiger partial charge is 0.251 e. The minimum absolute atomic E-state index is 0.166. The second kappa shape index (κ2) is 8.35. The minimum Gasteiger partial charge on any atom is -0.394 e. The van der Waals surface area contributed by atoms with Gasteiger partial charge < -0.3 is 15.7 Å². The van der Waals surface area contributed by atoms with E-state index in [1.54, 1.807) is 18.3 Å². The summed E-state index contributed by atoms with van der Waals surface area (Å²) in [6.07, 6.45) is 6.55. The quantitative estimate of drug-likeness (QED) is 0.613. The van der Waals surface area contributed by atoms with Gasteiger partial charge in [-0.15, -0.1) is 0 Å². The molecule has 1 heterocycles. The Kier molecular flexibility index (Phi) is 5.48. The Morgan fingerprint density at radius 3 is 2.68 bits per heavy atom. The molecule has 0 spiro atoms. The van der Waals surface area contributed by atoms with Gasteiger partial charge in [0.25, 0.3) is 5.91 Å². The Morgan fingerprint density at radius 1 is 1.14 bits per heavy atom. The van der Waals surface area contributed by atoms with Crippen molar-refractivity contribution in [3.05, 3.63) is 65.9 Å². The monoisotopic (exact) mass is 376 g/mol. The molecule has 0 bridgehead atoms. The van der Waals surface area contributed by atoms with Crippen LogP contribution in [-0.4, -0.2) is 33.6 Å². The number of hydrogen-bond donors (Lipinski definition) is 3. The molecule has 1 atom stereocenters. The predicted octanol–water partition coefficient (Wildman–Crippen LogP) is 3.45. The van der Waals surface area contributed by atoms with Crippen molar-refractivity contribution >= 4 is 22.8 Å². The molecular weight excluding hydrogens is 352 g/mol. The van der Waals surface area contributed by atoms with E-state index in [4.69, 9.17) is 0 Å². The van der Waals surface area contributed by atoms with Crippen LogP contribution >= 0.6 is 0 Å². The third kappa shape index (κ3) is 4.12. The molecule has 6 heteroatoms. The second-order valence-electron chi connectivity index (χ2n) is 7.21. The molecule has 0 aliphatic heterocycles. The van der Waals surface area contributed by atoms with Gasteiger partial charge in [0.1, 0.15) is 0 Å². The number of benzene rings is 2. The predicted molar refractivity (Wildman–Crippen MR) is 109 cm³/mol. The molecule has 0 unspecified atom stereocenters. The average molecular weight is 376 g/mol. The summed E-state index contributed by atoms with van der Waals surface area (Å²) >= 11 is 0. The van der Waals surface area contributed by atoms with Crippen molar-refractivity contribution in [3.8, 4) is 0 Å². The third-order valence-corrected chi connectivity index (χ3v) is 5.22. The number of rotatable bonds is 6. The Bertz CT molecular complexity index is 955. The fraction of sp³-hybridized carbons (Fsp3) is 0.318. The largest absolute Gasteiger partial charge is 0.394 e. The Morgan fingerprint density at radius 2 is 1.93 bits per heavy atom. The van der Waals surface area contributed by atoms with Gasteiger partial charge in [-0.3, -0.25) is 4.79 Å². The zero-order chi connectivity index (χ0) is 19.3. The number of amides is 1. The molecule has 1 aliphatic rings. The summed E-state index contributed by atoms with van der Waals surface area (Å²) in [5.41, 5.74) is 2.10. The van der Waals surface area contributed by atoms with Crippen molar-refractivity contribution in [2.75, 3.05) is 11.9 Å². The van der Waals surface area contributed by atoms with E-state index in [2.05, 4.69) is 20.6 Å². The summed E-state index contributed by atoms with van der Waals surface area (Å²) in [5.74, 6) is 0.364. The molecule has 3 N–H and O–H groups in total. The van der Waals surface area contributed by atoms with Gasteiger partial charge in [-0.2, -0.15) is 0 Å². The van der Waals surface area contributed by atoms with Crippen molar-refractivity contribution in [3.63, 3.8) is 0 Å². The summed E-state index contributed by atoms with van der Waals surface area (Å²) in [4.78, 5) is 21.7. The van der Waals surface area contributed by atoms with Crippen LogP contribution in [0.5, 0.6) is 0 Å². The zero-order valence-corrected chi connectivity index (χ0v) is 15.6. The number of fused-ring (bicyclic) bond motifs is 1. The highest BCUT2D eigenvalue weighted by Gasteiger charge is 2.17. The molecule has 1 aromatic heterocycles. The second-order valence-corrected chi connectivity index (χ2v) is 7.21. The number of hydrogen-bond acceptors (Lipinski definition) is 5. The SMILES string of the molecule is O=C(N[C@H](CO)c1ccccc1)c1ccc2cnc(NC3CCCC3)nc2c1. The molecule has 4 rings (SSSR count). The van der Waals surface area contributed by atoms with E-state index < -0.39 is 6.04 Å². The summed E-state index contributed by atoms with van der Waals surface area (Å²) in [6.45, 7) is -0.166. The lowest BCUT2D eigenvalue weighted by atomic mass is 10.1. The van der Waals surface area contributed by atoms with E-state index in [0.29, 0.717) is 17.6 Å². The van der Waals surface area contributed by atoms with Gasteiger partial charge in [-0.05, 0) is 30.5 Å². The first kappa shape index (κ1) is 18.4. The fourth-order valence-corrected chi connectivity index (χ4v) is 3.65. The number of carbonyl (C=O) groups is 1. The molecule has 1 fully saturated rings. The zero-order valence-electron chi connectivity index (χ0n) is 15.6.